The maximum Gasteiger partial charge on any atom is 0.231 e. The highest BCUT2D eigenvalue weighted by molar-refractivity contribution is 5.88. The van der Waals surface area contributed by atoms with Crippen LogP contribution in [0, 0.1) is 6.92 Å². The zero-order chi connectivity index (χ0) is 14.0. The normalized spacial score (nSPS) is 10.7. The Hall–Kier alpha value is -1.97. The van der Waals surface area contributed by atoms with E-state index in [0.717, 1.165) is 23.9 Å². The fraction of sp³-hybridized carbons (Fsp3) is 0.400. The van der Waals surface area contributed by atoms with Crippen molar-refractivity contribution >= 4 is 10.9 Å². The van der Waals surface area contributed by atoms with Gasteiger partial charge in [0.15, 0.2) is 5.75 Å². The molecule has 0 aliphatic heterocycles. The zero-order valence-electron chi connectivity index (χ0n) is 11.8. The third kappa shape index (κ3) is 2.18. The van der Waals surface area contributed by atoms with Crippen molar-refractivity contribution in [3.8, 4) is 11.5 Å². The van der Waals surface area contributed by atoms with Crippen LogP contribution in [0.3, 0.4) is 0 Å². The predicted molar refractivity (Wildman–Crippen MR) is 76.4 cm³/mol. The topological polar surface area (TPSA) is 51.3 Å². The number of hydrogen-bond donors (Lipinski definition) is 1. The second kappa shape index (κ2) is 5.34. The fourth-order valence-corrected chi connectivity index (χ4v) is 2.43. The Morgan fingerprint density at radius 1 is 1.21 bits per heavy atom. The summed E-state index contributed by atoms with van der Waals surface area (Å²) in [5.74, 6) is 1.05. The van der Waals surface area contributed by atoms with E-state index in [0.29, 0.717) is 22.6 Å². The molecule has 1 aromatic carbocycles. The molecule has 0 amide bonds. The molecule has 0 saturated heterocycles. The number of fused-ring (bicyclic) bond motifs is 1. The SMILES string of the molecule is CCCc1ccc(OC)c2[nH]c(C)c(OC)c(=O)c12. The summed E-state index contributed by atoms with van der Waals surface area (Å²) in [6.07, 6.45) is 1.84. The first-order valence-electron chi connectivity index (χ1n) is 6.40. The summed E-state index contributed by atoms with van der Waals surface area (Å²) in [5.41, 5.74) is 2.41. The average Bonchev–Trinajstić information content (AvgIpc) is 2.39. The van der Waals surface area contributed by atoms with Crippen LogP contribution in [-0.2, 0) is 6.42 Å². The van der Waals surface area contributed by atoms with E-state index in [2.05, 4.69) is 11.9 Å². The highest BCUT2D eigenvalue weighted by Crippen LogP contribution is 2.28. The van der Waals surface area contributed by atoms with E-state index in [-0.39, 0.29) is 5.43 Å². The van der Waals surface area contributed by atoms with E-state index in [1.54, 1.807) is 7.11 Å². The number of aryl methyl sites for hydroxylation is 2. The van der Waals surface area contributed by atoms with Gasteiger partial charge in [0.1, 0.15) is 5.75 Å². The van der Waals surface area contributed by atoms with Crippen LogP contribution in [0.5, 0.6) is 11.5 Å². The van der Waals surface area contributed by atoms with Gasteiger partial charge in [0, 0.05) is 0 Å². The van der Waals surface area contributed by atoms with Gasteiger partial charge in [-0.1, -0.05) is 19.4 Å². The Balaban J connectivity index is 2.91. The van der Waals surface area contributed by atoms with Crippen molar-refractivity contribution in [3.63, 3.8) is 0 Å². The summed E-state index contributed by atoms with van der Waals surface area (Å²) in [5, 5.41) is 0.670. The van der Waals surface area contributed by atoms with Crippen LogP contribution in [0.15, 0.2) is 16.9 Å². The monoisotopic (exact) mass is 261 g/mol. The van der Waals surface area contributed by atoms with Crippen LogP contribution >= 0.6 is 0 Å². The van der Waals surface area contributed by atoms with Gasteiger partial charge in [0.2, 0.25) is 5.43 Å². The molecule has 0 fully saturated rings. The van der Waals surface area contributed by atoms with Crippen LogP contribution in [0.25, 0.3) is 10.9 Å². The first-order chi connectivity index (χ1) is 9.13. The van der Waals surface area contributed by atoms with Crippen molar-refractivity contribution in [2.45, 2.75) is 26.7 Å². The highest BCUT2D eigenvalue weighted by atomic mass is 16.5. The van der Waals surface area contributed by atoms with Gasteiger partial charge < -0.3 is 14.5 Å². The Bertz CT molecular complexity index is 658. The average molecular weight is 261 g/mol. The van der Waals surface area contributed by atoms with Crippen molar-refractivity contribution in [3.05, 3.63) is 33.6 Å². The van der Waals surface area contributed by atoms with Crippen molar-refractivity contribution in [2.24, 2.45) is 0 Å². The van der Waals surface area contributed by atoms with E-state index in [9.17, 15) is 4.79 Å². The Kier molecular flexibility index (Phi) is 3.79. The molecular formula is C15H19NO3. The number of ether oxygens (including phenoxy) is 2. The number of benzene rings is 1. The van der Waals surface area contributed by atoms with Crippen LogP contribution in [0.2, 0.25) is 0 Å². The predicted octanol–water partition coefficient (Wildman–Crippen LogP) is 2.81. The number of aromatic nitrogens is 1. The number of hydrogen-bond acceptors (Lipinski definition) is 3. The molecule has 4 nitrogen and oxygen atoms in total. The number of methoxy groups -OCH3 is 2. The third-order valence-corrected chi connectivity index (χ3v) is 3.28. The summed E-state index contributed by atoms with van der Waals surface area (Å²) in [7, 11) is 3.12. The van der Waals surface area contributed by atoms with E-state index in [4.69, 9.17) is 9.47 Å². The molecule has 0 radical (unpaired) electrons. The molecule has 0 saturated carbocycles. The molecule has 1 N–H and O–H groups in total. The van der Waals surface area contributed by atoms with E-state index >= 15 is 0 Å². The van der Waals surface area contributed by atoms with E-state index in [1.807, 2.05) is 19.1 Å². The summed E-state index contributed by atoms with van der Waals surface area (Å²) in [6.45, 7) is 3.92. The standard InChI is InChI=1S/C15H19NO3/c1-5-6-10-7-8-11(18-3)13-12(10)14(17)15(19-4)9(2)16-13/h7-8H,5-6H2,1-4H3,(H,16,17). The van der Waals surface area contributed by atoms with Crippen molar-refractivity contribution in [2.75, 3.05) is 14.2 Å². The molecule has 0 unspecified atom stereocenters. The van der Waals surface area contributed by atoms with Gasteiger partial charge >= 0.3 is 0 Å². The van der Waals surface area contributed by atoms with E-state index in [1.165, 1.54) is 7.11 Å². The molecule has 0 aliphatic rings. The minimum Gasteiger partial charge on any atom is -0.495 e. The maximum atomic E-state index is 12.5. The second-order valence-corrected chi connectivity index (χ2v) is 4.54. The third-order valence-electron chi connectivity index (χ3n) is 3.28. The quantitative estimate of drug-likeness (QED) is 0.920. The lowest BCUT2D eigenvalue weighted by atomic mass is 10.0. The maximum absolute atomic E-state index is 12.5. The van der Waals surface area contributed by atoms with Gasteiger partial charge in [0.25, 0.3) is 0 Å². The lowest BCUT2D eigenvalue weighted by Crippen LogP contribution is -2.12. The molecular weight excluding hydrogens is 242 g/mol. The van der Waals surface area contributed by atoms with Gasteiger partial charge in [-0.15, -0.1) is 0 Å². The molecule has 1 aromatic heterocycles. The van der Waals surface area contributed by atoms with Crippen LogP contribution < -0.4 is 14.9 Å². The Morgan fingerprint density at radius 2 is 1.95 bits per heavy atom. The van der Waals surface area contributed by atoms with Gasteiger partial charge in [0.05, 0.1) is 30.8 Å². The molecule has 2 rings (SSSR count). The molecule has 0 atom stereocenters. The number of nitrogens with one attached hydrogen (secondary N) is 1. The van der Waals surface area contributed by atoms with Gasteiger partial charge in [-0.3, -0.25) is 4.79 Å². The van der Waals surface area contributed by atoms with Crippen LogP contribution in [0.4, 0.5) is 0 Å². The van der Waals surface area contributed by atoms with Gasteiger partial charge in [-0.05, 0) is 25.0 Å². The summed E-state index contributed by atoms with van der Waals surface area (Å²) in [4.78, 5) is 15.8. The lowest BCUT2D eigenvalue weighted by molar-refractivity contribution is 0.405. The first kappa shape index (κ1) is 13.5. The van der Waals surface area contributed by atoms with Crippen LogP contribution in [0.1, 0.15) is 24.6 Å². The smallest absolute Gasteiger partial charge is 0.231 e. The molecule has 0 spiro atoms. The minimum atomic E-state index is -0.0731. The molecule has 19 heavy (non-hydrogen) atoms. The largest absolute Gasteiger partial charge is 0.495 e. The lowest BCUT2D eigenvalue weighted by Gasteiger charge is -2.12. The van der Waals surface area contributed by atoms with Crippen LogP contribution in [-0.4, -0.2) is 19.2 Å². The number of pyridine rings is 1. The number of H-pyrrole nitrogens is 1. The van der Waals surface area contributed by atoms with Gasteiger partial charge in [-0.25, -0.2) is 0 Å². The van der Waals surface area contributed by atoms with Crippen molar-refractivity contribution in [1.82, 2.24) is 4.98 Å². The molecule has 2 aromatic rings. The van der Waals surface area contributed by atoms with Crippen molar-refractivity contribution < 1.29 is 9.47 Å². The number of rotatable bonds is 4. The van der Waals surface area contributed by atoms with E-state index < -0.39 is 0 Å². The molecule has 1 heterocycles. The highest BCUT2D eigenvalue weighted by Gasteiger charge is 2.15. The Morgan fingerprint density at radius 3 is 2.53 bits per heavy atom. The molecule has 0 aliphatic carbocycles. The summed E-state index contributed by atoms with van der Waals surface area (Å²) >= 11 is 0. The molecule has 4 heteroatoms. The summed E-state index contributed by atoms with van der Waals surface area (Å²) < 4.78 is 10.5. The zero-order valence-corrected chi connectivity index (χ0v) is 11.8. The molecule has 102 valence electrons. The minimum absolute atomic E-state index is 0.0731. The Labute approximate surface area is 112 Å². The van der Waals surface area contributed by atoms with Crippen molar-refractivity contribution in [1.29, 1.82) is 0 Å². The summed E-state index contributed by atoms with van der Waals surface area (Å²) in [6, 6.07) is 3.85. The number of aromatic amines is 1. The van der Waals surface area contributed by atoms with Gasteiger partial charge in [-0.2, -0.15) is 0 Å². The fourth-order valence-electron chi connectivity index (χ4n) is 2.43. The molecule has 0 bridgehead atoms. The second-order valence-electron chi connectivity index (χ2n) is 4.54. The first-order valence-corrected chi connectivity index (χ1v) is 6.40.